The molecular formula is C14H17NO2S. The lowest BCUT2D eigenvalue weighted by Crippen LogP contribution is -2.12. The van der Waals surface area contributed by atoms with Crippen LogP contribution in [0.4, 0.5) is 0 Å². The minimum absolute atomic E-state index is 0.184. The van der Waals surface area contributed by atoms with Gasteiger partial charge in [-0.05, 0) is 41.6 Å². The Labute approximate surface area is 111 Å². The molecule has 1 aromatic carbocycles. The highest BCUT2D eigenvalue weighted by Gasteiger charge is 2.03. The highest BCUT2D eigenvalue weighted by molar-refractivity contribution is 7.10. The quantitative estimate of drug-likeness (QED) is 0.871. The average Bonchev–Trinajstić information content (AvgIpc) is 2.75. The maximum Gasteiger partial charge on any atom is 0.160 e. The van der Waals surface area contributed by atoms with Gasteiger partial charge in [0.2, 0.25) is 0 Å². The van der Waals surface area contributed by atoms with Crippen molar-refractivity contribution in [1.29, 1.82) is 0 Å². The minimum atomic E-state index is 0.184. The third-order valence-electron chi connectivity index (χ3n) is 2.83. The van der Waals surface area contributed by atoms with Gasteiger partial charge in [-0.2, -0.15) is 0 Å². The minimum Gasteiger partial charge on any atom is -0.504 e. The van der Waals surface area contributed by atoms with Crippen LogP contribution in [0.25, 0.3) is 0 Å². The van der Waals surface area contributed by atoms with Crippen molar-refractivity contribution >= 4 is 11.3 Å². The van der Waals surface area contributed by atoms with Crippen LogP contribution in [-0.4, -0.2) is 12.2 Å². The molecule has 0 radical (unpaired) electrons. The van der Waals surface area contributed by atoms with Crippen LogP contribution in [0.15, 0.2) is 29.6 Å². The van der Waals surface area contributed by atoms with Gasteiger partial charge in [-0.15, -0.1) is 11.3 Å². The number of aryl methyl sites for hydroxylation is 1. The average molecular weight is 263 g/mol. The van der Waals surface area contributed by atoms with Gasteiger partial charge in [0.1, 0.15) is 0 Å². The second-order valence-electron chi connectivity index (χ2n) is 4.14. The SMILES string of the molecule is COc1ccc(CNCc2sccc2C)cc1O. The van der Waals surface area contributed by atoms with Gasteiger partial charge in [0.15, 0.2) is 11.5 Å². The van der Waals surface area contributed by atoms with Crippen LogP contribution in [0.5, 0.6) is 11.5 Å². The Morgan fingerprint density at radius 1 is 1.28 bits per heavy atom. The number of phenolic OH excluding ortho intramolecular Hbond substituents is 1. The van der Waals surface area contributed by atoms with Crippen molar-refractivity contribution in [3.8, 4) is 11.5 Å². The first kappa shape index (κ1) is 12.9. The molecule has 0 aliphatic heterocycles. The van der Waals surface area contributed by atoms with Gasteiger partial charge < -0.3 is 15.2 Å². The molecule has 0 aliphatic rings. The number of thiophene rings is 1. The molecule has 0 saturated heterocycles. The summed E-state index contributed by atoms with van der Waals surface area (Å²) in [6.45, 7) is 3.71. The zero-order chi connectivity index (χ0) is 13.0. The second kappa shape index (κ2) is 5.89. The van der Waals surface area contributed by atoms with Crippen molar-refractivity contribution in [1.82, 2.24) is 5.32 Å². The monoisotopic (exact) mass is 263 g/mol. The first-order valence-corrected chi connectivity index (χ1v) is 6.68. The Morgan fingerprint density at radius 2 is 2.11 bits per heavy atom. The number of rotatable bonds is 5. The standard InChI is InChI=1S/C14H17NO2S/c1-10-5-6-18-14(10)9-15-8-11-3-4-13(17-2)12(16)7-11/h3-7,15-16H,8-9H2,1-2H3. The maximum absolute atomic E-state index is 9.67. The van der Waals surface area contributed by atoms with Crippen molar-refractivity contribution in [2.45, 2.75) is 20.0 Å². The molecule has 0 atom stereocenters. The number of hydrogen-bond donors (Lipinski definition) is 2. The molecule has 0 aliphatic carbocycles. The topological polar surface area (TPSA) is 41.5 Å². The van der Waals surface area contributed by atoms with Gasteiger partial charge in [-0.1, -0.05) is 6.07 Å². The first-order valence-electron chi connectivity index (χ1n) is 5.80. The predicted molar refractivity (Wildman–Crippen MR) is 74.3 cm³/mol. The highest BCUT2D eigenvalue weighted by atomic mass is 32.1. The predicted octanol–water partition coefficient (Wildman–Crippen LogP) is 3.06. The molecule has 0 fully saturated rings. The van der Waals surface area contributed by atoms with Crippen molar-refractivity contribution in [2.24, 2.45) is 0 Å². The summed E-state index contributed by atoms with van der Waals surface area (Å²) in [5, 5.41) is 15.1. The van der Waals surface area contributed by atoms with E-state index in [1.165, 1.54) is 10.4 Å². The van der Waals surface area contributed by atoms with Crippen LogP contribution in [-0.2, 0) is 13.1 Å². The Kier molecular flexibility index (Phi) is 4.23. The summed E-state index contributed by atoms with van der Waals surface area (Å²) < 4.78 is 5.01. The van der Waals surface area contributed by atoms with E-state index in [0.717, 1.165) is 18.7 Å². The number of benzene rings is 1. The fourth-order valence-electron chi connectivity index (χ4n) is 1.75. The van der Waals surface area contributed by atoms with E-state index in [4.69, 9.17) is 4.74 Å². The second-order valence-corrected chi connectivity index (χ2v) is 5.14. The number of nitrogens with one attached hydrogen (secondary N) is 1. The smallest absolute Gasteiger partial charge is 0.160 e. The van der Waals surface area contributed by atoms with Crippen molar-refractivity contribution in [2.75, 3.05) is 7.11 Å². The molecule has 1 aromatic heterocycles. The van der Waals surface area contributed by atoms with Gasteiger partial charge in [-0.25, -0.2) is 0 Å². The van der Waals surface area contributed by atoms with Crippen LogP contribution < -0.4 is 10.1 Å². The molecule has 1 heterocycles. The molecule has 2 N–H and O–H groups in total. The Morgan fingerprint density at radius 3 is 2.72 bits per heavy atom. The first-order chi connectivity index (χ1) is 8.70. The molecule has 0 unspecified atom stereocenters. The summed E-state index contributed by atoms with van der Waals surface area (Å²) in [6.07, 6.45) is 0. The normalized spacial score (nSPS) is 10.6. The molecule has 0 bridgehead atoms. The van der Waals surface area contributed by atoms with E-state index < -0.39 is 0 Å². The molecule has 96 valence electrons. The van der Waals surface area contributed by atoms with Gasteiger partial charge in [0, 0.05) is 18.0 Å². The van der Waals surface area contributed by atoms with Gasteiger partial charge in [-0.3, -0.25) is 0 Å². The third kappa shape index (κ3) is 3.03. The molecule has 3 nitrogen and oxygen atoms in total. The molecule has 18 heavy (non-hydrogen) atoms. The molecule has 2 aromatic rings. The lowest BCUT2D eigenvalue weighted by Gasteiger charge is -2.07. The fourth-order valence-corrected chi connectivity index (χ4v) is 2.63. The molecule has 0 spiro atoms. The Bertz CT molecular complexity index is 522. The molecule has 2 rings (SSSR count). The molecular weight excluding hydrogens is 246 g/mol. The number of methoxy groups -OCH3 is 1. The maximum atomic E-state index is 9.67. The summed E-state index contributed by atoms with van der Waals surface area (Å²) >= 11 is 1.76. The van der Waals surface area contributed by atoms with Crippen molar-refractivity contribution in [3.63, 3.8) is 0 Å². The van der Waals surface area contributed by atoms with E-state index in [-0.39, 0.29) is 5.75 Å². The summed E-state index contributed by atoms with van der Waals surface area (Å²) in [5.41, 5.74) is 2.37. The number of phenols is 1. The zero-order valence-corrected chi connectivity index (χ0v) is 11.4. The van der Waals surface area contributed by atoms with Gasteiger partial charge >= 0.3 is 0 Å². The largest absolute Gasteiger partial charge is 0.504 e. The van der Waals surface area contributed by atoms with E-state index in [1.54, 1.807) is 30.6 Å². The Balaban J connectivity index is 1.91. The number of aromatic hydroxyl groups is 1. The summed E-state index contributed by atoms with van der Waals surface area (Å²) in [5.74, 6) is 0.692. The van der Waals surface area contributed by atoms with E-state index in [9.17, 15) is 5.11 Å². The van der Waals surface area contributed by atoms with Crippen LogP contribution in [0.3, 0.4) is 0 Å². The highest BCUT2D eigenvalue weighted by Crippen LogP contribution is 2.26. The summed E-state index contributed by atoms with van der Waals surface area (Å²) in [4.78, 5) is 1.35. The van der Waals surface area contributed by atoms with E-state index >= 15 is 0 Å². The summed E-state index contributed by atoms with van der Waals surface area (Å²) in [6, 6.07) is 7.59. The van der Waals surface area contributed by atoms with Crippen LogP contribution in [0.2, 0.25) is 0 Å². The van der Waals surface area contributed by atoms with E-state index in [2.05, 4.69) is 23.7 Å². The van der Waals surface area contributed by atoms with E-state index in [0.29, 0.717) is 5.75 Å². The van der Waals surface area contributed by atoms with E-state index in [1.807, 2.05) is 6.07 Å². The summed E-state index contributed by atoms with van der Waals surface area (Å²) in [7, 11) is 1.55. The van der Waals surface area contributed by atoms with Crippen molar-refractivity contribution < 1.29 is 9.84 Å². The molecule has 4 heteroatoms. The third-order valence-corrected chi connectivity index (χ3v) is 3.85. The molecule has 0 saturated carbocycles. The van der Waals surface area contributed by atoms with Gasteiger partial charge in [0.05, 0.1) is 7.11 Å². The van der Waals surface area contributed by atoms with Crippen LogP contribution >= 0.6 is 11.3 Å². The number of hydrogen-bond acceptors (Lipinski definition) is 4. The fraction of sp³-hybridized carbons (Fsp3) is 0.286. The Hall–Kier alpha value is -1.52. The zero-order valence-electron chi connectivity index (χ0n) is 10.6. The van der Waals surface area contributed by atoms with Gasteiger partial charge in [0.25, 0.3) is 0 Å². The lowest BCUT2D eigenvalue weighted by atomic mass is 10.2. The van der Waals surface area contributed by atoms with Crippen LogP contribution in [0, 0.1) is 6.92 Å². The number of ether oxygens (including phenoxy) is 1. The van der Waals surface area contributed by atoms with Crippen LogP contribution in [0.1, 0.15) is 16.0 Å². The lowest BCUT2D eigenvalue weighted by molar-refractivity contribution is 0.373. The molecule has 0 amide bonds. The van der Waals surface area contributed by atoms with Crippen molar-refractivity contribution in [3.05, 3.63) is 45.6 Å².